The molecule has 0 bridgehead atoms. The number of carbonyl (C=O) groups excluding carboxylic acids is 1. The fourth-order valence-corrected chi connectivity index (χ4v) is 3.11. The van der Waals surface area contributed by atoms with Gasteiger partial charge in [0.1, 0.15) is 5.92 Å². The van der Waals surface area contributed by atoms with Crippen LogP contribution in [-0.2, 0) is 16.0 Å². The number of hydrogen-bond donors (Lipinski definition) is 0. The number of nitrogens with zero attached hydrogens (tertiary/aromatic N) is 1. The molecular weight excluding hydrogens is 222 g/mol. The van der Waals surface area contributed by atoms with Crippen molar-refractivity contribution in [3.8, 4) is 0 Å². The van der Waals surface area contributed by atoms with Crippen LogP contribution in [0.15, 0.2) is 0 Å². The summed E-state index contributed by atoms with van der Waals surface area (Å²) in [7, 11) is 0. The second-order valence-electron chi connectivity index (χ2n) is 4.36. The van der Waals surface area contributed by atoms with E-state index in [1.807, 2.05) is 6.92 Å². The van der Waals surface area contributed by atoms with Gasteiger partial charge < -0.3 is 4.74 Å². The second-order valence-corrected chi connectivity index (χ2v) is 5.47. The van der Waals surface area contributed by atoms with Gasteiger partial charge >= 0.3 is 5.97 Å². The predicted molar refractivity (Wildman–Crippen MR) is 63.9 cm³/mol. The summed E-state index contributed by atoms with van der Waals surface area (Å²) < 4.78 is 5.08. The molecule has 88 valence electrons. The fourth-order valence-electron chi connectivity index (χ4n) is 1.97. The summed E-state index contributed by atoms with van der Waals surface area (Å²) in [4.78, 5) is 17.6. The molecule has 0 amide bonds. The maximum atomic E-state index is 11.7. The zero-order valence-electron chi connectivity index (χ0n) is 9.95. The van der Waals surface area contributed by atoms with Crippen molar-refractivity contribution in [1.82, 2.24) is 4.98 Å². The topological polar surface area (TPSA) is 39.2 Å². The largest absolute Gasteiger partial charge is 0.465 e. The van der Waals surface area contributed by atoms with E-state index in [2.05, 4.69) is 18.8 Å². The maximum absolute atomic E-state index is 11.7. The molecule has 0 aliphatic heterocycles. The van der Waals surface area contributed by atoms with Gasteiger partial charge in [-0.2, -0.15) is 0 Å². The highest BCUT2D eigenvalue weighted by Gasteiger charge is 2.33. The number of ether oxygens (including phenoxy) is 1. The number of esters is 1. The van der Waals surface area contributed by atoms with Gasteiger partial charge in [0.25, 0.3) is 0 Å². The van der Waals surface area contributed by atoms with Crippen LogP contribution in [0.25, 0.3) is 0 Å². The van der Waals surface area contributed by atoms with Crippen LogP contribution in [0, 0.1) is 0 Å². The molecule has 0 spiro atoms. The lowest BCUT2D eigenvalue weighted by atomic mass is 10.1. The molecule has 1 heterocycles. The first kappa shape index (κ1) is 11.6. The molecule has 0 fully saturated rings. The minimum absolute atomic E-state index is 0.109. The normalized spacial score (nSPS) is 18.9. The molecule has 1 aromatic heterocycles. The Morgan fingerprint density at radius 2 is 2.38 bits per heavy atom. The van der Waals surface area contributed by atoms with Crippen LogP contribution in [0.5, 0.6) is 0 Å². The van der Waals surface area contributed by atoms with E-state index in [1.54, 1.807) is 11.3 Å². The minimum Gasteiger partial charge on any atom is -0.465 e. The molecule has 3 nitrogen and oxygen atoms in total. The highest BCUT2D eigenvalue weighted by atomic mass is 32.1. The Morgan fingerprint density at radius 3 is 3.00 bits per heavy atom. The summed E-state index contributed by atoms with van der Waals surface area (Å²) in [6, 6.07) is 0. The van der Waals surface area contributed by atoms with Crippen molar-refractivity contribution in [1.29, 1.82) is 0 Å². The van der Waals surface area contributed by atoms with Crippen molar-refractivity contribution in [3.05, 3.63) is 15.6 Å². The Labute approximate surface area is 99.8 Å². The lowest BCUT2D eigenvalue weighted by molar-refractivity contribution is -0.145. The van der Waals surface area contributed by atoms with Crippen molar-refractivity contribution >= 4 is 17.3 Å². The van der Waals surface area contributed by atoms with Gasteiger partial charge in [0.2, 0.25) is 0 Å². The van der Waals surface area contributed by atoms with Crippen LogP contribution in [0.3, 0.4) is 0 Å². The predicted octanol–water partition coefficient (Wildman–Crippen LogP) is 2.86. The van der Waals surface area contributed by atoms with Crippen LogP contribution in [0.2, 0.25) is 0 Å². The highest BCUT2D eigenvalue weighted by Crippen LogP contribution is 2.38. The van der Waals surface area contributed by atoms with Crippen LogP contribution < -0.4 is 0 Å². The van der Waals surface area contributed by atoms with Gasteiger partial charge in [0, 0.05) is 10.8 Å². The third kappa shape index (κ3) is 1.98. The number of hydrogen-bond acceptors (Lipinski definition) is 4. The van der Waals surface area contributed by atoms with Crippen molar-refractivity contribution in [3.63, 3.8) is 0 Å². The zero-order chi connectivity index (χ0) is 11.7. The zero-order valence-corrected chi connectivity index (χ0v) is 10.8. The molecule has 0 N–H and O–H groups in total. The van der Waals surface area contributed by atoms with Crippen molar-refractivity contribution in [2.75, 3.05) is 6.61 Å². The van der Waals surface area contributed by atoms with E-state index >= 15 is 0 Å². The quantitative estimate of drug-likeness (QED) is 0.761. The van der Waals surface area contributed by atoms with Gasteiger partial charge in [-0.3, -0.25) is 4.79 Å². The van der Waals surface area contributed by atoms with E-state index in [9.17, 15) is 4.79 Å². The van der Waals surface area contributed by atoms with Crippen LogP contribution in [-0.4, -0.2) is 17.6 Å². The average Bonchev–Trinajstić information content (AvgIpc) is 2.75. The number of carbonyl (C=O) groups is 1. The van der Waals surface area contributed by atoms with Gasteiger partial charge in [-0.15, -0.1) is 11.3 Å². The molecule has 0 aromatic carbocycles. The Morgan fingerprint density at radius 1 is 1.62 bits per heavy atom. The molecule has 0 radical (unpaired) electrons. The Kier molecular flexibility index (Phi) is 3.28. The van der Waals surface area contributed by atoms with Gasteiger partial charge in [0.15, 0.2) is 0 Å². The number of thiazole rings is 1. The van der Waals surface area contributed by atoms with Crippen LogP contribution >= 0.6 is 11.3 Å². The Bertz CT molecular complexity index is 398. The van der Waals surface area contributed by atoms with Crippen molar-refractivity contribution < 1.29 is 9.53 Å². The fraction of sp³-hybridized carbons (Fsp3) is 0.667. The summed E-state index contributed by atoms with van der Waals surface area (Å²) in [5, 5.41) is 1.14. The molecule has 2 rings (SSSR count). The first-order chi connectivity index (χ1) is 7.63. The van der Waals surface area contributed by atoms with Crippen molar-refractivity contribution in [2.24, 2.45) is 0 Å². The molecule has 4 heteroatoms. The Hall–Kier alpha value is -0.900. The summed E-state index contributed by atoms with van der Waals surface area (Å²) in [6.45, 7) is 6.56. The molecule has 0 saturated heterocycles. The minimum atomic E-state index is -0.112. The SMILES string of the molecule is CCOC(=O)C1CCc2sc(C(C)C)nc21. The summed E-state index contributed by atoms with van der Waals surface area (Å²) in [5.74, 6) is 0.221. The number of rotatable bonds is 3. The molecule has 16 heavy (non-hydrogen) atoms. The number of aryl methyl sites for hydroxylation is 1. The van der Waals surface area contributed by atoms with Gasteiger partial charge in [-0.25, -0.2) is 4.98 Å². The monoisotopic (exact) mass is 239 g/mol. The summed E-state index contributed by atoms with van der Waals surface area (Å²) >= 11 is 1.75. The lowest BCUT2D eigenvalue weighted by Crippen LogP contribution is -2.14. The smallest absolute Gasteiger partial charge is 0.315 e. The summed E-state index contributed by atoms with van der Waals surface area (Å²) in [6.07, 6.45) is 1.84. The van der Waals surface area contributed by atoms with E-state index in [0.717, 1.165) is 23.5 Å². The summed E-state index contributed by atoms with van der Waals surface area (Å²) in [5.41, 5.74) is 0.979. The van der Waals surface area contributed by atoms with Gasteiger partial charge in [-0.05, 0) is 19.8 Å². The van der Waals surface area contributed by atoms with E-state index in [0.29, 0.717) is 12.5 Å². The van der Waals surface area contributed by atoms with E-state index in [4.69, 9.17) is 4.74 Å². The molecule has 1 aromatic rings. The molecule has 1 aliphatic rings. The number of aromatic nitrogens is 1. The van der Waals surface area contributed by atoms with Crippen LogP contribution in [0.4, 0.5) is 0 Å². The van der Waals surface area contributed by atoms with Crippen LogP contribution in [0.1, 0.15) is 54.6 Å². The molecule has 0 saturated carbocycles. The average molecular weight is 239 g/mol. The molecule has 1 unspecified atom stereocenters. The molecule has 1 aliphatic carbocycles. The Balaban J connectivity index is 2.21. The third-order valence-corrected chi connectivity index (χ3v) is 4.23. The molecule has 1 atom stereocenters. The van der Waals surface area contributed by atoms with Crippen molar-refractivity contribution in [2.45, 2.75) is 45.4 Å². The standard InChI is InChI=1S/C12H17NO2S/c1-4-15-12(14)8-5-6-9-10(8)13-11(16-9)7(2)3/h7-8H,4-6H2,1-3H3. The second kappa shape index (κ2) is 4.53. The number of fused-ring (bicyclic) bond motifs is 1. The van der Waals surface area contributed by atoms with E-state index in [-0.39, 0.29) is 11.9 Å². The first-order valence-corrected chi connectivity index (χ1v) is 6.61. The van der Waals surface area contributed by atoms with Gasteiger partial charge in [-0.1, -0.05) is 13.8 Å². The highest BCUT2D eigenvalue weighted by molar-refractivity contribution is 7.11. The van der Waals surface area contributed by atoms with E-state index < -0.39 is 0 Å². The molecular formula is C12H17NO2S. The maximum Gasteiger partial charge on any atom is 0.315 e. The third-order valence-electron chi connectivity index (χ3n) is 2.80. The first-order valence-electron chi connectivity index (χ1n) is 5.79. The van der Waals surface area contributed by atoms with E-state index in [1.165, 1.54) is 4.88 Å². The lowest BCUT2D eigenvalue weighted by Gasteiger charge is -2.08. The van der Waals surface area contributed by atoms with Gasteiger partial charge in [0.05, 0.1) is 17.3 Å².